The first-order valence-corrected chi connectivity index (χ1v) is 3.32. The van der Waals surface area contributed by atoms with Gasteiger partial charge < -0.3 is 15.5 Å². The van der Waals surface area contributed by atoms with E-state index in [1.165, 1.54) is 6.33 Å². The van der Waals surface area contributed by atoms with E-state index in [1.807, 2.05) is 0 Å². The molecule has 1 aromatic heterocycles. The van der Waals surface area contributed by atoms with Gasteiger partial charge in [0, 0.05) is 6.08 Å². The van der Waals surface area contributed by atoms with E-state index >= 15 is 0 Å². The Hall–Kier alpha value is -2.11. The lowest BCUT2D eigenvalue weighted by atomic mass is 10.4. The largest absolute Gasteiger partial charge is 0.402 e. The predicted molar refractivity (Wildman–Crippen MR) is 42.9 cm³/mol. The minimum Gasteiger partial charge on any atom is -0.402 e. The Kier molecular flexibility index (Phi) is 2.44. The fourth-order valence-corrected chi connectivity index (χ4v) is 0.673. The number of esters is 1. The summed E-state index contributed by atoms with van der Waals surface area (Å²) in [7, 11) is 0. The molecule has 3 N–H and O–H groups in total. The van der Waals surface area contributed by atoms with Gasteiger partial charge in [-0.3, -0.25) is 4.79 Å². The van der Waals surface area contributed by atoms with Crippen LogP contribution in [0.5, 0.6) is 5.88 Å². The Morgan fingerprint density at radius 3 is 2.92 bits per heavy atom. The third-order valence-electron chi connectivity index (χ3n) is 1.21. The van der Waals surface area contributed by atoms with Crippen molar-refractivity contribution in [3.63, 3.8) is 0 Å². The van der Waals surface area contributed by atoms with Gasteiger partial charge in [0.15, 0.2) is 5.69 Å². The average molecular weight is 181 g/mol. The molecule has 0 radical (unpaired) electrons. The van der Waals surface area contributed by atoms with Crippen molar-refractivity contribution in [1.29, 1.82) is 0 Å². The van der Waals surface area contributed by atoms with E-state index in [9.17, 15) is 9.59 Å². The summed E-state index contributed by atoms with van der Waals surface area (Å²) in [6.07, 6.45) is 2.16. The van der Waals surface area contributed by atoms with Crippen molar-refractivity contribution in [2.24, 2.45) is 5.73 Å². The number of H-pyrrole nitrogens is 1. The Balaban J connectivity index is 2.88. The minimum absolute atomic E-state index is 0.0461. The number of imidazole rings is 1. The van der Waals surface area contributed by atoms with Crippen LogP contribution in [0, 0.1) is 0 Å². The Bertz CT molecular complexity index is 356. The lowest BCUT2D eigenvalue weighted by Crippen LogP contribution is -2.14. The Labute approximate surface area is 73.4 Å². The van der Waals surface area contributed by atoms with Crippen molar-refractivity contribution >= 4 is 11.9 Å². The summed E-state index contributed by atoms with van der Waals surface area (Å²) in [4.78, 5) is 27.4. The molecule has 0 unspecified atom stereocenters. The molecule has 6 heteroatoms. The topological polar surface area (TPSA) is 98.1 Å². The standard InChI is InChI=1S/C7H7N3O3/c1-2-4(11)13-7-5(6(8)12)9-3-10-7/h2-3H,1H2,(H2,8,12)(H,9,10). The number of carbonyl (C=O) groups excluding carboxylic acids is 2. The highest BCUT2D eigenvalue weighted by Gasteiger charge is 2.14. The number of aromatic nitrogens is 2. The highest BCUT2D eigenvalue weighted by molar-refractivity contribution is 5.94. The van der Waals surface area contributed by atoms with Gasteiger partial charge in [0.1, 0.15) is 0 Å². The number of aromatic amines is 1. The van der Waals surface area contributed by atoms with Crippen LogP contribution in [0.15, 0.2) is 19.0 Å². The molecule has 0 atom stereocenters. The van der Waals surface area contributed by atoms with Gasteiger partial charge in [-0.1, -0.05) is 6.58 Å². The molecule has 0 saturated carbocycles. The molecule has 0 spiro atoms. The number of primary amides is 1. The van der Waals surface area contributed by atoms with Crippen molar-refractivity contribution in [3.8, 4) is 5.88 Å². The number of rotatable bonds is 3. The maximum absolute atomic E-state index is 10.7. The van der Waals surface area contributed by atoms with Crippen LogP contribution in [-0.2, 0) is 4.79 Å². The first-order chi connectivity index (χ1) is 6.15. The first kappa shape index (κ1) is 8.98. The molecule has 0 bridgehead atoms. The predicted octanol–water partition coefficient (Wildman–Crippen LogP) is -0.400. The van der Waals surface area contributed by atoms with Gasteiger partial charge in [-0.05, 0) is 0 Å². The van der Waals surface area contributed by atoms with Crippen LogP contribution in [0.25, 0.3) is 0 Å². The molecular formula is C7H7N3O3. The lowest BCUT2D eigenvalue weighted by Gasteiger charge is -1.97. The van der Waals surface area contributed by atoms with Crippen LogP contribution in [0.1, 0.15) is 10.5 Å². The highest BCUT2D eigenvalue weighted by atomic mass is 16.5. The molecule has 0 aliphatic heterocycles. The van der Waals surface area contributed by atoms with Crippen LogP contribution >= 0.6 is 0 Å². The fourth-order valence-electron chi connectivity index (χ4n) is 0.673. The van der Waals surface area contributed by atoms with Crippen molar-refractivity contribution < 1.29 is 14.3 Å². The number of hydrogen-bond acceptors (Lipinski definition) is 4. The summed E-state index contributed by atoms with van der Waals surface area (Å²) in [5.74, 6) is -1.59. The third kappa shape index (κ3) is 1.92. The number of hydrogen-bond donors (Lipinski definition) is 2. The number of nitrogens with two attached hydrogens (primary N) is 1. The number of amides is 1. The van der Waals surface area contributed by atoms with E-state index < -0.39 is 11.9 Å². The molecule has 68 valence electrons. The Morgan fingerprint density at radius 2 is 2.38 bits per heavy atom. The molecule has 0 saturated heterocycles. The summed E-state index contributed by atoms with van der Waals surface area (Å²) in [5.41, 5.74) is 4.90. The van der Waals surface area contributed by atoms with Crippen molar-refractivity contribution in [3.05, 3.63) is 24.7 Å². The van der Waals surface area contributed by atoms with Crippen molar-refractivity contribution in [1.82, 2.24) is 9.97 Å². The van der Waals surface area contributed by atoms with Crippen LogP contribution in [0.3, 0.4) is 0 Å². The van der Waals surface area contributed by atoms with Crippen molar-refractivity contribution in [2.75, 3.05) is 0 Å². The average Bonchev–Trinajstić information content (AvgIpc) is 2.52. The summed E-state index contributed by atoms with van der Waals surface area (Å²) >= 11 is 0. The number of carbonyl (C=O) groups is 2. The quantitative estimate of drug-likeness (QED) is 0.489. The summed E-state index contributed by atoms with van der Waals surface area (Å²) in [6, 6.07) is 0. The van der Waals surface area contributed by atoms with Gasteiger partial charge in [0.05, 0.1) is 6.33 Å². The molecule has 1 heterocycles. The molecule has 1 amide bonds. The monoisotopic (exact) mass is 181 g/mol. The second kappa shape index (κ2) is 3.53. The molecular weight excluding hydrogens is 174 g/mol. The van der Waals surface area contributed by atoms with E-state index in [0.29, 0.717) is 0 Å². The number of ether oxygens (including phenoxy) is 1. The van der Waals surface area contributed by atoms with Crippen LogP contribution < -0.4 is 10.5 Å². The zero-order chi connectivity index (χ0) is 9.84. The highest BCUT2D eigenvalue weighted by Crippen LogP contribution is 2.11. The van der Waals surface area contributed by atoms with E-state index in [4.69, 9.17) is 5.73 Å². The second-order valence-electron chi connectivity index (χ2n) is 2.07. The van der Waals surface area contributed by atoms with Gasteiger partial charge in [-0.2, -0.15) is 0 Å². The Morgan fingerprint density at radius 1 is 1.69 bits per heavy atom. The number of nitrogens with zero attached hydrogens (tertiary/aromatic N) is 1. The van der Waals surface area contributed by atoms with Gasteiger partial charge in [0.25, 0.3) is 11.8 Å². The molecule has 0 fully saturated rings. The molecule has 1 aromatic rings. The van der Waals surface area contributed by atoms with Gasteiger partial charge in [0.2, 0.25) is 0 Å². The summed E-state index contributed by atoms with van der Waals surface area (Å²) < 4.78 is 4.60. The van der Waals surface area contributed by atoms with Crippen LogP contribution in [-0.4, -0.2) is 21.8 Å². The van der Waals surface area contributed by atoms with E-state index in [0.717, 1.165) is 6.08 Å². The smallest absolute Gasteiger partial charge is 0.336 e. The molecule has 0 aliphatic rings. The first-order valence-electron chi connectivity index (χ1n) is 3.32. The van der Waals surface area contributed by atoms with Gasteiger partial charge in [-0.25, -0.2) is 9.78 Å². The summed E-state index contributed by atoms with van der Waals surface area (Å²) in [6.45, 7) is 3.19. The zero-order valence-corrected chi connectivity index (χ0v) is 6.61. The molecule has 1 rings (SSSR count). The molecule has 0 aromatic carbocycles. The third-order valence-corrected chi connectivity index (χ3v) is 1.21. The van der Waals surface area contributed by atoms with E-state index in [1.54, 1.807) is 0 Å². The maximum atomic E-state index is 10.7. The van der Waals surface area contributed by atoms with Gasteiger partial charge in [-0.15, -0.1) is 0 Å². The summed E-state index contributed by atoms with van der Waals surface area (Å²) in [5, 5.41) is 0. The van der Waals surface area contributed by atoms with Crippen molar-refractivity contribution in [2.45, 2.75) is 0 Å². The van der Waals surface area contributed by atoms with E-state index in [2.05, 4.69) is 21.3 Å². The number of nitrogens with one attached hydrogen (secondary N) is 1. The SMILES string of the molecule is C=CC(=O)Oc1nc[nH]c1C(N)=O. The minimum atomic E-state index is -0.746. The maximum Gasteiger partial charge on any atom is 0.336 e. The van der Waals surface area contributed by atoms with E-state index in [-0.39, 0.29) is 11.6 Å². The fraction of sp³-hybridized carbons (Fsp3) is 0. The molecule has 6 nitrogen and oxygen atoms in total. The van der Waals surface area contributed by atoms with Crippen LogP contribution in [0.2, 0.25) is 0 Å². The zero-order valence-electron chi connectivity index (χ0n) is 6.61. The second-order valence-corrected chi connectivity index (χ2v) is 2.07. The molecule has 0 aliphatic carbocycles. The van der Waals surface area contributed by atoms with Crippen LogP contribution in [0.4, 0.5) is 0 Å². The normalized spacial score (nSPS) is 9.23. The van der Waals surface area contributed by atoms with Gasteiger partial charge >= 0.3 is 5.97 Å². The lowest BCUT2D eigenvalue weighted by molar-refractivity contribution is -0.129. The molecule has 13 heavy (non-hydrogen) atoms.